The van der Waals surface area contributed by atoms with Crippen molar-refractivity contribution in [2.45, 2.75) is 26.1 Å². The average molecular weight is 424 g/mol. The van der Waals surface area contributed by atoms with Crippen molar-refractivity contribution in [1.29, 1.82) is 0 Å². The fraction of sp³-hybridized carbons (Fsp3) is 0.440. The first-order valence-corrected chi connectivity index (χ1v) is 10.7. The van der Waals surface area contributed by atoms with Gasteiger partial charge in [-0.15, -0.1) is 0 Å². The van der Waals surface area contributed by atoms with Crippen LogP contribution in [0.25, 0.3) is 0 Å². The fourth-order valence-corrected chi connectivity index (χ4v) is 4.60. The third-order valence-electron chi connectivity index (χ3n) is 6.24. The first kappa shape index (κ1) is 20.2. The molecule has 3 aliphatic heterocycles. The second-order valence-corrected chi connectivity index (χ2v) is 8.45. The molecule has 0 N–H and O–H groups in total. The van der Waals surface area contributed by atoms with E-state index in [0.29, 0.717) is 25.7 Å². The summed E-state index contributed by atoms with van der Waals surface area (Å²) in [6.07, 6.45) is 2.02. The van der Waals surface area contributed by atoms with Gasteiger partial charge in [0.2, 0.25) is 6.79 Å². The molecule has 0 amide bonds. The minimum atomic E-state index is -0.0234. The van der Waals surface area contributed by atoms with Crippen molar-refractivity contribution in [3.05, 3.63) is 59.2 Å². The molecule has 2 saturated heterocycles. The predicted molar refractivity (Wildman–Crippen MR) is 115 cm³/mol. The van der Waals surface area contributed by atoms with Gasteiger partial charge in [-0.2, -0.15) is 0 Å². The molecule has 164 valence electrons. The van der Waals surface area contributed by atoms with E-state index in [1.807, 2.05) is 30.3 Å². The van der Waals surface area contributed by atoms with E-state index < -0.39 is 0 Å². The normalized spacial score (nSPS) is 25.9. The highest BCUT2D eigenvalue weighted by atomic mass is 16.7. The van der Waals surface area contributed by atoms with Gasteiger partial charge >= 0.3 is 0 Å². The number of benzene rings is 2. The Morgan fingerprint density at radius 1 is 0.903 bits per heavy atom. The largest absolute Gasteiger partial charge is 0.493 e. The van der Waals surface area contributed by atoms with Gasteiger partial charge in [0.05, 0.1) is 32.5 Å². The number of allylic oxidation sites excluding steroid dienone is 1. The molecule has 0 spiro atoms. The van der Waals surface area contributed by atoms with E-state index in [1.54, 1.807) is 7.11 Å². The molecule has 6 heteroatoms. The Morgan fingerprint density at radius 3 is 2.29 bits per heavy atom. The van der Waals surface area contributed by atoms with E-state index >= 15 is 0 Å². The van der Waals surface area contributed by atoms with Gasteiger partial charge in [0.1, 0.15) is 6.61 Å². The van der Waals surface area contributed by atoms with Gasteiger partial charge in [0.25, 0.3) is 0 Å². The van der Waals surface area contributed by atoms with Crippen LogP contribution in [-0.4, -0.2) is 33.7 Å². The molecule has 3 aliphatic rings. The minimum absolute atomic E-state index is 0.00178. The molecule has 2 aromatic carbocycles. The molecule has 4 unspecified atom stereocenters. The number of hydrogen-bond acceptors (Lipinski definition) is 6. The lowest BCUT2D eigenvalue weighted by atomic mass is 9.85. The number of hydrogen-bond donors (Lipinski definition) is 0. The summed E-state index contributed by atoms with van der Waals surface area (Å²) in [5.74, 6) is 3.62. The van der Waals surface area contributed by atoms with Gasteiger partial charge in [-0.25, -0.2) is 0 Å². The minimum Gasteiger partial charge on any atom is -0.493 e. The number of rotatable bonds is 6. The van der Waals surface area contributed by atoms with Gasteiger partial charge in [0.15, 0.2) is 23.0 Å². The van der Waals surface area contributed by atoms with Crippen LogP contribution < -0.4 is 18.9 Å². The molecule has 0 radical (unpaired) electrons. The molecule has 31 heavy (non-hydrogen) atoms. The summed E-state index contributed by atoms with van der Waals surface area (Å²) in [4.78, 5) is 0. The Balaban J connectivity index is 1.32. The highest BCUT2D eigenvalue weighted by molar-refractivity contribution is 5.46. The van der Waals surface area contributed by atoms with Crippen LogP contribution >= 0.6 is 0 Å². The van der Waals surface area contributed by atoms with Crippen molar-refractivity contribution in [2.75, 3.05) is 33.7 Å². The average Bonchev–Trinajstić information content (AvgIpc) is 3.49. The summed E-state index contributed by atoms with van der Waals surface area (Å²) in [5, 5.41) is 0. The Morgan fingerprint density at radius 2 is 1.58 bits per heavy atom. The first-order chi connectivity index (χ1) is 15.1. The SMILES string of the molecule is COc1cc(C2OCC3C(c4ccc5c(c4)OCO5)OCC23)ccc1OCC=C(C)C. The highest BCUT2D eigenvalue weighted by Gasteiger charge is 2.48. The first-order valence-electron chi connectivity index (χ1n) is 10.7. The van der Waals surface area contributed by atoms with Crippen LogP contribution in [0.15, 0.2) is 48.0 Å². The highest BCUT2D eigenvalue weighted by Crippen LogP contribution is 2.51. The molecule has 6 nitrogen and oxygen atoms in total. The molecular formula is C25H28O6. The topological polar surface area (TPSA) is 55.4 Å². The molecule has 2 fully saturated rings. The summed E-state index contributed by atoms with van der Waals surface area (Å²) in [7, 11) is 1.67. The molecule has 0 saturated carbocycles. The summed E-state index contributed by atoms with van der Waals surface area (Å²) in [6, 6.07) is 12.1. The van der Waals surface area contributed by atoms with E-state index in [9.17, 15) is 0 Å². The zero-order chi connectivity index (χ0) is 21.4. The smallest absolute Gasteiger partial charge is 0.231 e. The Hall–Kier alpha value is -2.70. The molecule has 0 bridgehead atoms. The lowest BCUT2D eigenvalue weighted by Gasteiger charge is -2.18. The summed E-state index contributed by atoms with van der Waals surface area (Å²) in [6.45, 7) is 6.23. The van der Waals surface area contributed by atoms with Crippen LogP contribution in [0.1, 0.15) is 37.2 Å². The van der Waals surface area contributed by atoms with E-state index in [4.69, 9.17) is 28.4 Å². The van der Waals surface area contributed by atoms with Crippen LogP contribution in [-0.2, 0) is 9.47 Å². The maximum atomic E-state index is 6.26. The summed E-state index contributed by atoms with van der Waals surface area (Å²) in [5.41, 5.74) is 3.43. The lowest BCUT2D eigenvalue weighted by molar-refractivity contribution is 0.0191. The molecular weight excluding hydrogens is 396 g/mol. The zero-order valence-electron chi connectivity index (χ0n) is 18.1. The van der Waals surface area contributed by atoms with Crippen LogP contribution in [0.4, 0.5) is 0 Å². The fourth-order valence-electron chi connectivity index (χ4n) is 4.60. The quantitative estimate of drug-likeness (QED) is 0.619. The second-order valence-electron chi connectivity index (χ2n) is 8.45. The van der Waals surface area contributed by atoms with Gasteiger partial charge in [-0.3, -0.25) is 0 Å². The van der Waals surface area contributed by atoms with E-state index in [1.165, 1.54) is 5.57 Å². The Kier molecular flexibility index (Phi) is 5.50. The predicted octanol–water partition coefficient (Wildman–Crippen LogP) is 4.84. The van der Waals surface area contributed by atoms with Gasteiger partial charge in [-0.1, -0.05) is 17.7 Å². The van der Waals surface area contributed by atoms with Gasteiger partial charge in [0, 0.05) is 11.8 Å². The zero-order valence-corrected chi connectivity index (χ0v) is 18.1. The van der Waals surface area contributed by atoms with Crippen molar-refractivity contribution in [3.8, 4) is 23.0 Å². The Bertz CT molecular complexity index is 980. The van der Waals surface area contributed by atoms with Crippen molar-refractivity contribution in [2.24, 2.45) is 11.8 Å². The Labute approximate surface area is 182 Å². The van der Waals surface area contributed by atoms with Crippen molar-refractivity contribution >= 4 is 0 Å². The molecule has 3 heterocycles. The van der Waals surface area contributed by atoms with Gasteiger partial charge in [-0.05, 0) is 55.3 Å². The second kappa shape index (κ2) is 8.44. The summed E-state index contributed by atoms with van der Waals surface area (Å²) >= 11 is 0. The van der Waals surface area contributed by atoms with Crippen LogP contribution in [0.5, 0.6) is 23.0 Å². The summed E-state index contributed by atoms with van der Waals surface area (Å²) < 4.78 is 34.9. The molecule has 2 aromatic rings. The lowest BCUT2D eigenvalue weighted by Crippen LogP contribution is -2.14. The maximum Gasteiger partial charge on any atom is 0.231 e. The number of fused-ring (bicyclic) bond motifs is 2. The third kappa shape index (κ3) is 3.86. The molecule has 0 aromatic heterocycles. The van der Waals surface area contributed by atoms with E-state index in [0.717, 1.165) is 34.1 Å². The maximum absolute atomic E-state index is 6.26. The van der Waals surface area contributed by atoms with Crippen molar-refractivity contribution in [1.82, 2.24) is 0 Å². The third-order valence-corrected chi connectivity index (χ3v) is 6.24. The molecule has 0 aliphatic carbocycles. The number of methoxy groups -OCH3 is 1. The molecule has 5 rings (SSSR count). The molecule has 4 atom stereocenters. The van der Waals surface area contributed by atoms with Crippen LogP contribution in [0.2, 0.25) is 0 Å². The van der Waals surface area contributed by atoms with Crippen molar-refractivity contribution < 1.29 is 28.4 Å². The number of ether oxygens (including phenoxy) is 6. The van der Waals surface area contributed by atoms with Crippen LogP contribution in [0.3, 0.4) is 0 Å². The van der Waals surface area contributed by atoms with Crippen LogP contribution in [0, 0.1) is 11.8 Å². The standard InChI is InChI=1S/C25H28O6/c1-15(2)8-9-27-20-6-4-16(10-22(20)26-3)24-18-12-29-25(19(18)13-28-24)17-5-7-21-23(11-17)31-14-30-21/h4-8,10-11,18-19,24-25H,9,12-14H2,1-3H3. The van der Waals surface area contributed by atoms with E-state index in [-0.39, 0.29) is 24.9 Å². The monoisotopic (exact) mass is 424 g/mol. The van der Waals surface area contributed by atoms with Gasteiger partial charge < -0.3 is 28.4 Å². The van der Waals surface area contributed by atoms with E-state index in [2.05, 4.69) is 26.0 Å². The van der Waals surface area contributed by atoms with Crippen molar-refractivity contribution in [3.63, 3.8) is 0 Å².